The molecule has 0 bridgehead atoms. The summed E-state index contributed by atoms with van der Waals surface area (Å²) in [7, 11) is 2.07. The zero-order chi connectivity index (χ0) is 11.2. The second-order valence-electron chi connectivity index (χ2n) is 2.89. The maximum Gasteiger partial charge on any atom is 0.355 e. The standard InChI is InChI=1S/C9H15FO4/c1-4-5-6-9(10,7(11)13-2)8(12)14-3/h4-6H2,1-3H3. The van der Waals surface area contributed by atoms with E-state index >= 15 is 0 Å². The number of hydrogen-bond donors (Lipinski definition) is 0. The van der Waals surface area contributed by atoms with E-state index in [4.69, 9.17) is 0 Å². The normalized spacial score (nSPS) is 10.9. The Hall–Kier alpha value is -1.13. The number of hydrogen-bond acceptors (Lipinski definition) is 4. The van der Waals surface area contributed by atoms with Crippen LogP contribution in [-0.4, -0.2) is 31.8 Å². The van der Waals surface area contributed by atoms with Crippen molar-refractivity contribution in [1.82, 2.24) is 0 Å². The zero-order valence-corrected chi connectivity index (χ0v) is 8.63. The molecule has 0 saturated carbocycles. The van der Waals surface area contributed by atoms with Crippen LogP contribution in [-0.2, 0) is 19.1 Å². The second-order valence-corrected chi connectivity index (χ2v) is 2.89. The lowest BCUT2D eigenvalue weighted by Crippen LogP contribution is -2.44. The average Bonchev–Trinajstić information content (AvgIpc) is 2.23. The Labute approximate surface area is 82.4 Å². The van der Waals surface area contributed by atoms with Crippen LogP contribution in [0.2, 0.25) is 0 Å². The van der Waals surface area contributed by atoms with Crippen LogP contribution < -0.4 is 0 Å². The van der Waals surface area contributed by atoms with Gasteiger partial charge in [0.15, 0.2) is 0 Å². The highest BCUT2D eigenvalue weighted by molar-refractivity contribution is 6.03. The molecular formula is C9H15FO4. The minimum absolute atomic E-state index is 0.206. The van der Waals surface area contributed by atoms with Gasteiger partial charge in [-0.05, 0) is 6.42 Å². The van der Waals surface area contributed by atoms with Gasteiger partial charge in [-0.2, -0.15) is 0 Å². The average molecular weight is 206 g/mol. The number of rotatable bonds is 5. The van der Waals surface area contributed by atoms with E-state index in [9.17, 15) is 14.0 Å². The van der Waals surface area contributed by atoms with Crippen LogP contribution in [0, 0.1) is 0 Å². The SMILES string of the molecule is CCCCC(F)(C(=O)OC)C(=O)OC. The van der Waals surface area contributed by atoms with Crippen molar-refractivity contribution < 1.29 is 23.5 Å². The molecule has 0 aromatic heterocycles. The van der Waals surface area contributed by atoms with Crippen molar-refractivity contribution in [2.75, 3.05) is 14.2 Å². The minimum Gasteiger partial charge on any atom is -0.466 e. The summed E-state index contributed by atoms with van der Waals surface area (Å²) in [4.78, 5) is 22.1. The fourth-order valence-corrected chi connectivity index (χ4v) is 1.03. The maximum absolute atomic E-state index is 13.8. The van der Waals surface area contributed by atoms with Crippen molar-refractivity contribution in [2.24, 2.45) is 0 Å². The highest BCUT2D eigenvalue weighted by Gasteiger charge is 2.48. The van der Waals surface area contributed by atoms with Crippen LogP contribution in [0.3, 0.4) is 0 Å². The molecule has 0 atom stereocenters. The van der Waals surface area contributed by atoms with Crippen molar-refractivity contribution >= 4 is 11.9 Å². The quantitative estimate of drug-likeness (QED) is 0.501. The van der Waals surface area contributed by atoms with Gasteiger partial charge in [-0.25, -0.2) is 14.0 Å². The van der Waals surface area contributed by atoms with Crippen LogP contribution in [0.25, 0.3) is 0 Å². The summed E-state index contributed by atoms with van der Waals surface area (Å²) in [6.07, 6.45) is 0.892. The van der Waals surface area contributed by atoms with Crippen LogP contribution >= 0.6 is 0 Å². The smallest absolute Gasteiger partial charge is 0.355 e. The van der Waals surface area contributed by atoms with E-state index < -0.39 is 17.6 Å². The van der Waals surface area contributed by atoms with Gasteiger partial charge >= 0.3 is 17.6 Å². The molecule has 0 aliphatic rings. The predicted octanol–water partition coefficient (Wildman–Crippen LogP) is 1.23. The Bertz CT molecular complexity index is 199. The van der Waals surface area contributed by atoms with Gasteiger partial charge in [0.2, 0.25) is 0 Å². The van der Waals surface area contributed by atoms with Crippen LogP contribution in [0.5, 0.6) is 0 Å². The van der Waals surface area contributed by atoms with E-state index in [-0.39, 0.29) is 6.42 Å². The molecule has 0 spiro atoms. The lowest BCUT2D eigenvalue weighted by molar-refractivity contribution is -0.172. The number of ether oxygens (including phenoxy) is 2. The summed E-state index contributed by atoms with van der Waals surface area (Å²) in [6.45, 7) is 1.83. The first kappa shape index (κ1) is 12.9. The second kappa shape index (κ2) is 5.57. The molecular weight excluding hydrogens is 191 g/mol. The fraction of sp³-hybridized carbons (Fsp3) is 0.778. The zero-order valence-electron chi connectivity index (χ0n) is 8.63. The first-order chi connectivity index (χ1) is 6.52. The third-order valence-corrected chi connectivity index (χ3v) is 1.89. The molecule has 82 valence electrons. The summed E-state index contributed by atoms with van der Waals surface area (Å²) in [5.41, 5.74) is -2.65. The molecule has 0 aromatic carbocycles. The van der Waals surface area contributed by atoms with Gasteiger partial charge in [-0.15, -0.1) is 0 Å². The molecule has 0 rings (SSSR count). The van der Waals surface area contributed by atoms with Crippen molar-refractivity contribution in [1.29, 1.82) is 0 Å². The molecule has 0 N–H and O–H groups in total. The Morgan fingerprint density at radius 3 is 1.93 bits per heavy atom. The summed E-state index contributed by atoms with van der Waals surface area (Å²) < 4.78 is 22.3. The van der Waals surface area contributed by atoms with E-state index in [1.165, 1.54) is 0 Å². The molecule has 0 radical (unpaired) electrons. The summed E-state index contributed by atoms with van der Waals surface area (Å²) in [5.74, 6) is -2.39. The van der Waals surface area contributed by atoms with Crippen LogP contribution in [0.1, 0.15) is 26.2 Å². The molecule has 0 saturated heterocycles. The summed E-state index contributed by atoms with van der Waals surface area (Å²) >= 11 is 0. The van der Waals surface area contributed by atoms with Gasteiger partial charge in [-0.1, -0.05) is 13.3 Å². The van der Waals surface area contributed by atoms with Gasteiger partial charge < -0.3 is 9.47 Å². The van der Waals surface area contributed by atoms with Gasteiger partial charge in [0.05, 0.1) is 14.2 Å². The Balaban J connectivity index is 4.65. The van der Waals surface area contributed by atoms with Crippen molar-refractivity contribution in [3.8, 4) is 0 Å². The number of carbonyl (C=O) groups is 2. The van der Waals surface area contributed by atoms with Crippen molar-refractivity contribution in [2.45, 2.75) is 31.9 Å². The first-order valence-corrected chi connectivity index (χ1v) is 4.38. The highest BCUT2D eigenvalue weighted by atomic mass is 19.1. The number of esters is 2. The molecule has 4 nitrogen and oxygen atoms in total. The van der Waals surface area contributed by atoms with Crippen molar-refractivity contribution in [3.63, 3.8) is 0 Å². The number of halogens is 1. The van der Waals surface area contributed by atoms with Gasteiger partial charge in [-0.3, -0.25) is 0 Å². The number of carbonyl (C=O) groups excluding carboxylic acids is 2. The van der Waals surface area contributed by atoms with Crippen molar-refractivity contribution in [3.05, 3.63) is 0 Å². The van der Waals surface area contributed by atoms with Crippen LogP contribution in [0.4, 0.5) is 4.39 Å². The number of alkyl halides is 1. The summed E-state index contributed by atoms with van der Waals surface area (Å²) in [6, 6.07) is 0. The molecule has 0 aliphatic heterocycles. The Morgan fingerprint density at radius 1 is 1.21 bits per heavy atom. The molecule has 0 fully saturated rings. The molecule has 0 aromatic rings. The Kier molecular flexibility index (Phi) is 5.12. The Morgan fingerprint density at radius 2 is 1.64 bits per heavy atom. The lowest BCUT2D eigenvalue weighted by atomic mass is 9.99. The van der Waals surface area contributed by atoms with E-state index in [1.807, 2.05) is 6.92 Å². The number of methoxy groups -OCH3 is 2. The molecule has 5 heteroatoms. The lowest BCUT2D eigenvalue weighted by Gasteiger charge is -2.19. The monoisotopic (exact) mass is 206 g/mol. The topological polar surface area (TPSA) is 52.6 Å². The molecule has 14 heavy (non-hydrogen) atoms. The fourth-order valence-electron chi connectivity index (χ4n) is 1.03. The predicted molar refractivity (Wildman–Crippen MR) is 47.4 cm³/mol. The van der Waals surface area contributed by atoms with Gasteiger partial charge in [0.25, 0.3) is 0 Å². The maximum atomic E-state index is 13.8. The van der Waals surface area contributed by atoms with Gasteiger partial charge in [0, 0.05) is 6.42 Å². The molecule has 0 heterocycles. The third-order valence-electron chi connectivity index (χ3n) is 1.89. The van der Waals surface area contributed by atoms with E-state index in [0.717, 1.165) is 14.2 Å². The molecule has 0 unspecified atom stereocenters. The van der Waals surface area contributed by atoms with Crippen LogP contribution in [0.15, 0.2) is 0 Å². The largest absolute Gasteiger partial charge is 0.466 e. The summed E-state index contributed by atoms with van der Waals surface area (Å²) in [5, 5.41) is 0. The van der Waals surface area contributed by atoms with E-state index in [0.29, 0.717) is 12.8 Å². The highest BCUT2D eigenvalue weighted by Crippen LogP contribution is 2.22. The number of unbranched alkanes of at least 4 members (excludes halogenated alkanes) is 1. The van der Waals surface area contributed by atoms with E-state index in [2.05, 4.69) is 9.47 Å². The van der Waals surface area contributed by atoms with E-state index in [1.54, 1.807) is 0 Å². The minimum atomic E-state index is -2.65. The van der Waals surface area contributed by atoms with Gasteiger partial charge in [0.1, 0.15) is 0 Å². The molecule has 0 aliphatic carbocycles. The third kappa shape index (κ3) is 2.68. The molecule has 0 amide bonds. The first-order valence-electron chi connectivity index (χ1n) is 4.38.